The zero-order chi connectivity index (χ0) is 17.8. The number of benzene rings is 2. The van der Waals surface area contributed by atoms with Crippen molar-refractivity contribution in [2.45, 2.75) is 0 Å². The summed E-state index contributed by atoms with van der Waals surface area (Å²) in [6, 6.07) is 8.51. The summed E-state index contributed by atoms with van der Waals surface area (Å²) in [5.41, 5.74) is 0.347. The number of halogens is 2. The van der Waals surface area contributed by atoms with E-state index in [2.05, 4.69) is 15.9 Å². The Morgan fingerprint density at radius 3 is 2.68 bits per heavy atom. The maximum Gasteiger partial charge on any atom is 0.344 e. The molecule has 2 aromatic carbocycles. The van der Waals surface area contributed by atoms with Crippen molar-refractivity contribution >= 4 is 27.7 Å². The molecule has 0 bridgehead atoms. The molecule has 1 aliphatic heterocycles. The van der Waals surface area contributed by atoms with Crippen molar-refractivity contribution in [1.82, 2.24) is 0 Å². The van der Waals surface area contributed by atoms with E-state index in [9.17, 15) is 14.0 Å². The Hall–Kier alpha value is -2.61. The second kappa shape index (κ2) is 7.52. The van der Waals surface area contributed by atoms with E-state index in [1.807, 2.05) is 0 Å². The van der Waals surface area contributed by atoms with Crippen LogP contribution in [0, 0.1) is 5.82 Å². The fraction of sp³-hybridized carbons (Fsp3) is 0.176. The van der Waals surface area contributed by atoms with Gasteiger partial charge in [0.25, 0.3) is 0 Å². The van der Waals surface area contributed by atoms with Gasteiger partial charge < -0.3 is 18.9 Å². The molecule has 0 fully saturated rings. The Balaban J connectivity index is 1.49. The highest BCUT2D eigenvalue weighted by molar-refractivity contribution is 9.10. The number of hydrogen-bond donors (Lipinski definition) is 0. The molecule has 0 N–H and O–H groups in total. The first-order valence-electron chi connectivity index (χ1n) is 7.19. The third kappa shape index (κ3) is 4.27. The molecule has 130 valence electrons. The van der Waals surface area contributed by atoms with E-state index in [4.69, 9.17) is 18.9 Å². The fourth-order valence-electron chi connectivity index (χ4n) is 2.07. The number of fused-ring (bicyclic) bond motifs is 1. The number of ether oxygens (including phenoxy) is 4. The summed E-state index contributed by atoms with van der Waals surface area (Å²) in [4.78, 5) is 23.7. The number of carbonyl (C=O) groups excluding carboxylic acids is 2. The van der Waals surface area contributed by atoms with Crippen LogP contribution in [0.5, 0.6) is 17.2 Å². The van der Waals surface area contributed by atoms with Crippen molar-refractivity contribution in [3.05, 3.63) is 52.3 Å². The Kier molecular flexibility index (Phi) is 5.18. The molecule has 0 radical (unpaired) electrons. The fourth-order valence-corrected chi connectivity index (χ4v) is 2.54. The SMILES string of the molecule is O=C(COc1ccc(F)cc1Br)OCC(=O)c1ccc2c(c1)OCO2. The third-order valence-electron chi connectivity index (χ3n) is 3.30. The van der Waals surface area contributed by atoms with E-state index in [1.54, 1.807) is 12.1 Å². The lowest BCUT2D eigenvalue weighted by Gasteiger charge is -2.08. The molecular weight excluding hydrogens is 399 g/mol. The minimum absolute atomic E-state index is 0.109. The Morgan fingerprint density at radius 2 is 1.88 bits per heavy atom. The van der Waals surface area contributed by atoms with Gasteiger partial charge in [0, 0.05) is 5.56 Å². The van der Waals surface area contributed by atoms with E-state index >= 15 is 0 Å². The maximum absolute atomic E-state index is 13.0. The topological polar surface area (TPSA) is 71.1 Å². The summed E-state index contributed by atoms with van der Waals surface area (Å²) in [5.74, 6) is -0.204. The lowest BCUT2D eigenvalue weighted by atomic mass is 10.1. The van der Waals surface area contributed by atoms with Crippen molar-refractivity contribution in [2.24, 2.45) is 0 Å². The smallest absolute Gasteiger partial charge is 0.344 e. The van der Waals surface area contributed by atoms with Crippen LogP contribution >= 0.6 is 15.9 Å². The average molecular weight is 411 g/mol. The van der Waals surface area contributed by atoms with Gasteiger partial charge in [-0.2, -0.15) is 0 Å². The molecule has 0 aliphatic carbocycles. The van der Waals surface area contributed by atoms with Gasteiger partial charge in [0.15, 0.2) is 30.5 Å². The lowest BCUT2D eigenvalue weighted by Crippen LogP contribution is -2.19. The lowest BCUT2D eigenvalue weighted by molar-refractivity contribution is -0.144. The third-order valence-corrected chi connectivity index (χ3v) is 3.92. The van der Waals surface area contributed by atoms with Gasteiger partial charge in [-0.1, -0.05) is 0 Å². The summed E-state index contributed by atoms with van der Waals surface area (Å²) in [6.45, 7) is -0.719. The van der Waals surface area contributed by atoms with Crippen LogP contribution in [0.3, 0.4) is 0 Å². The molecule has 0 saturated carbocycles. The van der Waals surface area contributed by atoms with Crippen LogP contribution in [-0.2, 0) is 9.53 Å². The minimum atomic E-state index is -0.717. The van der Waals surface area contributed by atoms with Crippen LogP contribution in [0.15, 0.2) is 40.9 Å². The van der Waals surface area contributed by atoms with E-state index in [-0.39, 0.29) is 12.6 Å². The first-order chi connectivity index (χ1) is 12.0. The van der Waals surface area contributed by atoms with Gasteiger partial charge in [-0.3, -0.25) is 4.79 Å². The highest BCUT2D eigenvalue weighted by Crippen LogP contribution is 2.32. The molecule has 0 saturated heterocycles. The number of carbonyl (C=O) groups is 2. The van der Waals surface area contributed by atoms with Gasteiger partial charge in [0.1, 0.15) is 11.6 Å². The summed E-state index contributed by atoms with van der Waals surface area (Å²) in [7, 11) is 0. The van der Waals surface area contributed by atoms with Gasteiger partial charge in [-0.05, 0) is 52.3 Å². The van der Waals surface area contributed by atoms with Crippen LogP contribution < -0.4 is 14.2 Å². The van der Waals surface area contributed by atoms with Gasteiger partial charge in [0.05, 0.1) is 4.47 Å². The molecular formula is C17H12BrFO6. The Morgan fingerprint density at radius 1 is 1.08 bits per heavy atom. The minimum Gasteiger partial charge on any atom is -0.481 e. The van der Waals surface area contributed by atoms with Gasteiger partial charge in [0.2, 0.25) is 6.79 Å². The number of hydrogen-bond acceptors (Lipinski definition) is 6. The van der Waals surface area contributed by atoms with Crippen LogP contribution in [0.2, 0.25) is 0 Å². The van der Waals surface area contributed by atoms with Crippen molar-refractivity contribution in [3.63, 3.8) is 0 Å². The largest absolute Gasteiger partial charge is 0.481 e. The molecule has 1 heterocycles. The standard InChI is InChI=1S/C17H12BrFO6/c18-12-6-11(19)2-4-14(12)22-8-17(21)23-7-13(20)10-1-3-15-16(5-10)25-9-24-15/h1-6H,7-9H2. The molecule has 0 spiro atoms. The van der Waals surface area contributed by atoms with Crippen LogP contribution in [0.1, 0.15) is 10.4 Å². The van der Waals surface area contributed by atoms with Gasteiger partial charge in [-0.25, -0.2) is 9.18 Å². The van der Waals surface area contributed by atoms with Crippen molar-refractivity contribution in [3.8, 4) is 17.2 Å². The van der Waals surface area contributed by atoms with Crippen molar-refractivity contribution in [1.29, 1.82) is 0 Å². The highest BCUT2D eigenvalue weighted by Gasteiger charge is 2.17. The molecule has 0 unspecified atom stereocenters. The van der Waals surface area contributed by atoms with Crippen LogP contribution in [0.25, 0.3) is 0 Å². The number of Topliss-reactive ketones (excluding diaryl/α,β-unsaturated/α-hetero) is 1. The quantitative estimate of drug-likeness (QED) is 0.538. The maximum atomic E-state index is 13.0. The zero-order valence-corrected chi connectivity index (χ0v) is 14.4. The summed E-state index contributed by atoms with van der Waals surface area (Å²) in [6.07, 6.45) is 0. The van der Waals surface area contributed by atoms with Crippen molar-refractivity contribution < 1.29 is 32.9 Å². The van der Waals surface area contributed by atoms with E-state index in [1.165, 1.54) is 24.3 Å². The second-order valence-corrected chi connectivity index (χ2v) is 5.87. The van der Waals surface area contributed by atoms with Gasteiger partial charge >= 0.3 is 5.97 Å². The van der Waals surface area contributed by atoms with E-state index in [0.29, 0.717) is 27.3 Å². The predicted octanol–water partition coefficient (Wildman–Crippen LogP) is 3.12. The van der Waals surface area contributed by atoms with E-state index in [0.717, 1.165) is 0 Å². The predicted molar refractivity (Wildman–Crippen MR) is 87.4 cm³/mol. The summed E-state index contributed by atoms with van der Waals surface area (Å²) in [5, 5.41) is 0. The Labute approximate surface area is 150 Å². The number of ketones is 1. The molecule has 1 aliphatic rings. The molecule has 0 amide bonds. The molecule has 3 rings (SSSR count). The molecule has 0 atom stereocenters. The monoisotopic (exact) mass is 410 g/mol. The normalized spacial score (nSPS) is 11.9. The number of esters is 1. The van der Waals surface area contributed by atoms with Crippen LogP contribution in [-0.4, -0.2) is 31.8 Å². The van der Waals surface area contributed by atoms with Gasteiger partial charge in [-0.15, -0.1) is 0 Å². The number of rotatable bonds is 6. The molecule has 25 heavy (non-hydrogen) atoms. The first kappa shape index (κ1) is 17.2. The second-order valence-electron chi connectivity index (χ2n) is 5.02. The van der Waals surface area contributed by atoms with Crippen molar-refractivity contribution in [2.75, 3.05) is 20.0 Å². The summed E-state index contributed by atoms with van der Waals surface area (Å²) < 4.78 is 33.8. The molecule has 2 aromatic rings. The van der Waals surface area contributed by atoms with Crippen LogP contribution in [0.4, 0.5) is 4.39 Å². The average Bonchev–Trinajstić information content (AvgIpc) is 3.06. The Bertz CT molecular complexity index is 823. The first-order valence-corrected chi connectivity index (χ1v) is 7.98. The zero-order valence-electron chi connectivity index (χ0n) is 12.8. The van der Waals surface area contributed by atoms with E-state index < -0.39 is 25.0 Å². The molecule has 6 nitrogen and oxygen atoms in total. The molecule has 0 aromatic heterocycles. The highest BCUT2D eigenvalue weighted by atomic mass is 79.9. The molecule has 8 heteroatoms. The summed E-state index contributed by atoms with van der Waals surface area (Å²) >= 11 is 3.12.